The Hall–Kier alpha value is -1.40. The summed E-state index contributed by atoms with van der Waals surface area (Å²) in [7, 11) is 0. The number of piperidine rings is 1. The molecule has 1 atom stereocenters. The van der Waals surface area contributed by atoms with Crippen molar-refractivity contribution in [2.24, 2.45) is 11.5 Å². The van der Waals surface area contributed by atoms with Gasteiger partial charge in [0.05, 0.1) is 10.4 Å². The first-order valence-corrected chi connectivity index (χ1v) is 6.91. The smallest absolute Gasteiger partial charge is 0.264 e. The second-order valence-electron chi connectivity index (χ2n) is 4.45. The molecule has 0 radical (unpaired) electrons. The second kappa shape index (κ2) is 5.49. The minimum Gasteiger partial charge on any atom is -0.366 e. The van der Waals surface area contributed by atoms with E-state index in [4.69, 9.17) is 11.5 Å². The molecule has 0 aromatic carbocycles. The van der Waals surface area contributed by atoms with Crippen LogP contribution in [-0.2, 0) is 0 Å². The van der Waals surface area contributed by atoms with Gasteiger partial charge in [0.25, 0.3) is 5.91 Å². The fourth-order valence-corrected chi connectivity index (χ4v) is 3.08. The van der Waals surface area contributed by atoms with Crippen LogP contribution >= 0.6 is 11.3 Å². The van der Waals surface area contributed by atoms with Crippen LogP contribution in [0.2, 0.25) is 0 Å². The minimum absolute atomic E-state index is 0.0392. The van der Waals surface area contributed by atoms with Gasteiger partial charge in [-0.15, -0.1) is 11.3 Å². The molecule has 1 saturated heterocycles. The maximum atomic E-state index is 12.3. The predicted octanol–water partition coefficient (Wildman–Crippen LogP) is 0.800. The zero-order valence-corrected chi connectivity index (χ0v) is 10.9. The number of nitrogens with zero attached hydrogens (tertiary/aromatic N) is 1. The van der Waals surface area contributed by atoms with Crippen molar-refractivity contribution in [3.05, 3.63) is 21.9 Å². The molecule has 0 aliphatic carbocycles. The van der Waals surface area contributed by atoms with Gasteiger partial charge in [-0.2, -0.15) is 0 Å². The van der Waals surface area contributed by atoms with Gasteiger partial charge in [0.2, 0.25) is 5.91 Å². The van der Waals surface area contributed by atoms with Crippen molar-refractivity contribution >= 4 is 23.2 Å². The lowest BCUT2D eigenvalue weighted by Gasteiger charge is -2.34. The van der Waals surface area contributed by atoms with Crippen molar-refractivity contribution in [2.75, 3.05) is 13.1 Å². The zero-order valence-electron chi connectivity index (χ0n) is 10.1. The summed E-state index contributed by atoms with van der Waals surface area (Å²) in [4.78, 5) is 25.7. The maximum absolute atomic E-state index is 12.3. The van der Waals surface area contributed by atoms with Crippen molar-refractivity contribution in [3.8, 4) is 0 Å². The molecule has 0 spiro atoms. The molecule has 1 aliphatic heterocycles. The van der Waals surface area contributed by atoms with E-state index in [0.717, 1.165) is 25.8 Å². The van der Waals surface area contributed by atoms with Gasteiger partial charge in [-0.25, -0.2) is 0 Å². The van der Waals surface area contributed by atoms with Gasteiger partial charge in [0.15, 0.2) is 0 Å². The first-order chi connectivity index (χ1) is 8.63. The molecule has 1 aromatic rings. The molecule has 2 rings (SSSR count). The number of thiophene rings is 1. The molecule has 5 nitrogen and oxygen atoms in total. The van der Waals surface area contributed by atoms with Crippen LogP contribution < -0.4 is 11.5 Å². The Morgan fingerprint density at radius 1 is 1.44 bits per heavy atom. The quantitative estimate of drug-likeness (QED) is 0.849. The Kier molecular flexibility index (Phi) is 3.98. The van der Waals surface area contributed by atoms with Crippen molar-refractivity contribution in [1.82, 2.24) is 4.90 Å². The number of amides is 2. The fourth-order valence-electron chi connectivity index (χ4n) is 2.23. The van der Waals surface area contributed by atoms with Crippen LogP contribution in [0.25, 0.3) is 0 Å². The summed E-state index contributed by atoms with van der Waals surface area (Å²) >= 11 is 1.26. The lowest BCUT2D eigenvalue weighted by Crippen LogP contribution is -2.47. The average Bonchev–Trinajstić information content (AvgIpc) is 2.87. The first kappa shape index (κ1) is 13.0. The van der Waals surface area contributed by atoms with Gasteiger partial charge in [0.1, 0.15) is 0 Å². The van der Waals surface area contributed by atoms with Crippen LogP contribution in [0.5, 0.6) is 0 Å². The van der Waals surface area contributed by atoms with Gasteiger partial charge in [-0.3, -0.25) is 9.59 Å². The molecule has 1 fully saturated rings. The summed E-state index contributed by atoms with van der Waals surface area (Å²) in [6.07, 6.45) is 3.08. The van der Waals surface area contributed by atoms with Gasteiger partial charge in [0, 0.05) is 24.5 Å². The molecule has 1 unspecified atom stereocenters. The Balaban J connectivity index is 2.15. The van der Waals surface area contributed by atoms with E-state index in [2.05, 4.69) is 0 Å². The van der Waals surface area contributed by atoms with E-state index in [9.17, 15) is 9.59 Å². The lowest BCUT2D eigenvalue weighted by atomic mass is 10.0. The second-order valence-corrected chi connectivity index (χ2v) is 5.36. The Labute approximate surface area is 110 Å². The van der Waals surface area contributed by atoms with Crippen LogP contribution in [0.1, 0.15) is 39.3 Å². The first-order valence-electron chi connectivity index (χ1n) is 6.03. The van der Waals surface area contributed by atoms with Crippen LogP contribution in [0.4, 0.5) is 0 Å². The number of carbonyl (C=O) groups is 2. The number of nitrogens with two attached hydrogens (primary N) is 2. The maximum Gasteiger partial charge on any atom is 0.264 e. The number of hydrogen-bond acceptors (Lipinski definition) is 4. The number of likely N-dealkylation sites (tertiary alicyclic amines) is 1. The van der Waals surface area contributed by atoms with E-state index < -0.39 is 5.91 Å². The summed E-state index contributed by atoms with van der Waals surface area (Å²) in [5.41, 5.74) is 11.3. The molecule has 2 amide bonds. The highest BCUT2D eigenvalue weighted by Crippen LogP contribution is 2.22. The normalized spacial score (nSPS) is 19.8. The van der Waals surface area contributed by atoms with Gasteiger partial charge < -0.3 is 16.4 Å². The molecule has 0 bridgehead atoms. The predicted molar refractivity (Wildman–Crippen MR) is 70.6 cm³/mol. The fraction of sp³-hybridized carbons (Fsp3) is 0.500. The van der Waals surface area contributed by atoms with Crippen LogP contribution in [-0.4, -0.2) is 35.8 Å². The van der Waals surface area contributed by atoms with E-state index in [1.165, 1.54) is 11.3 Å². The van der Waals surface area contributed by atoms with Crippen molar-refractivity contribution < 1.29 is 9.59 Å². The number of rotatable bonds is 3. The van der Waals surface area contributed by atoms with Gasteiger partial charge in [-0.05, 0) is 25.3 Å². The minimum atomic E-state index is -0.501. The van der Waals surface area contributed by atoms with Crippen LogP contribution in [0, 0.1) is 0 Å². The van der Waals surface area contributed by atoms with E-state index in [1.54, 1.807) is 11.4 Å². The van der Waals surface area contributed by atoms with Crippen LogP contribution in [0.3, 0.4) is 0 Å². The molecule has 1 aliphatic rings. The third kappa shape index (κ3) is 2.54. The highest BCUT2D eigenvalue weighted by molar-refractivity contribution is 7.12. The summed E-state index contributed by atoms with van der Waals surface area (Å²) in [6.45, 7) is 1.23. The number of carbonyl (C=O) groups excluding carboxylic acids is 2. The van der Waals surface area contributed by atoms with E-state index in [0.29, 0.717) is 17.0 Å². The van der Waals surface area contributed by atoms with E-state index >= 15 is 0 Å². The van der Waals surface area contributed by atoms with Gasteiger partial charge >= 0.3 is 0 Å². The Morgan fingerprint density at radius 2 is 2.22 bits per heavy atom. The SMILES string of the molecule is NCC1CCCCN1C(=O)c1cc(C(N)=O)cs1. The van der Waals surface area contributed by atoms with Crippen LogP contribution in [0.15, 0.2) is 11.4 Å². The zero-order chi connectivity index (χ0) is 13.1. The van der Waals surface area contributed by atoms with E-state index in [-0.39, 0.29) is 11.9 Å². The molecule has 4 N–H and O–H groups in total. The van der Waals surface area contributed by atoms with Gasteiger partial charge in [-0.1, -0.05) is 0 Å². The molecule has 98 valence electrons. The molecule has 0 saturated carbocycles. The average molecular weight is 267 g/mol. The standard InChI is InChI=1S/C12H17N3O2S/c13-6-9-3-1-2-4-15(9)12(17)10-5-8(7-18-10)11(14)16/h5,7,9H,1-4,6,13H2,(H2,14,16). The summed E-state index contributed by atoms with van der Waals surface area (Å²) < 4.78 is 0. The summed E-state index contributed by atoms with van der Waals surface area (Å²) in [5.74, 6) is -0.540. The molecule has 18 heavy (non-hydrogen) atoms. The van der Waals surface area contributed by atoms with Crippen molar-refractivity contribution in [2.45, 2.75) is 25.3 Å². The number of hydrogen-bond donors (Lipinski definition) is 2. The third-order valence-electron chi connectivity index (χ3n) is 3.25. The van der Waals surface area contributed by atoms with Crippen molar-refractivity contribution in [3.63, 3.8) is 0 Å². The highest BCUT2D eigenvalue weighted by atomic mass is 32.1. The largest absolute Gasteiger partial charge is 0.366 e. The summed E-state index contributed by atoms with van der Waals surface area (Å²) in [6, 6.07) is 1.68. The third-order valence-corrected chi connectivity index (χ3v) is 4.17. The Bertz CT molecular complexity index is 458. The van der Waals surface area contributed by atoms with E-state index in [1.807, 2.05) is 4.90 Å². The topological polar surface area (TPSA) is 89.4 Å². The van der Waals surface area contributed by atoms with Crippen molar-refractivity contribution in [1.29, 1.82) is 0 Å². The monoisotopic (exact) mass is 267 g/mol. The lowest BCUT2D eigenvalue weighted by molar-refractivity contribution is 0.0628. The molecule has 6 heteroatoms. The molecular weight excluding hydrogens is 250 g/mol. The Morgan fingerprint density at radius 3 is 2.83 bits per heavy atom. The number of primary amides is 1. The molecule has 2 heterocycles. The summed E-state index contributed by atoms with van der Waals surface area (Å²) in [5, 5.41) is 1.62. The highest BCUT2D eigenvalue weighted by Gasteiger charge is 2.27. The molecule has 1 aromatic heterocycles. The molecular formula is C12H17N3O2S.